The van der Waals surface area contributed by atoms with Gasteiger partial charge in [-0.2, -0.15) is 0 Å². The first kappa shape index (κ1) is 15.5. The van der Waals surface area contributed by atoms with Gasteiger partial charge in [0.05, 0.1) is 5.41 Å². The number of carbonyl (C=O) groups is 2. The predicted octanol–water partition coefficient (Wildman–Crippen LogP) is 4.37. The highest BCUT2D eigenvalue weighted by Crippen LogP contribution is 2.70. The molecule has 0 saturated heterocycles. The molecular formula is C18H22ClNO2. The van der Waals surface area contributed by atoms with Crippen molar-refractivity contribution in [1.82, 2.24) is 0 Å². The van der Waals surface area contributed by atoms with Crippen LogP contribution in [-0.4, -0.2) is 11.7 Å². The predicted molar refractivity (Wildman–Crippen MR) is 88.0 cm³/mol. The maximum absolute atomic E-state index is 13.1. The maximum atomic E-state index is 13.1. The molecule has 1 amide bonds. The smallest absolute Gasteiger partial charge is 0.231 e. The second kappa shape index (κ2) is 4.58. The van der Waals surface area contributed by atoms with E-state index in [-0.39, 0.29) is 22.5 Å². The standard InChI is InChI=1S/C18H22ClNO2/c1-11-5-6-12(19)9-13(11)20-15(22)18-8-7-17(4,14(21)10-18)16(18,2)3/h5-6,9H,7-8,10H2,1-4H3,(H,20,22)/t17-,18+/m1/s1. The number of hydrogen-bond acceptors (Lipinski definition) is 2. The molecule has 0 spiro atoms. The average Bonchev–Trinajstić information content (AvgIpc) is 2.73. The summed E-state index contributed by atoms with van der Waals surface area (Å²) in [6, 6.07) is 5.46. The van der Waals surface area contributed by atoms with Gasteiger partial charge in [0, 0.05) is 22.5 Å². The Kier molecular flexibility index (Phi) is 3.23. The minimum Gasteiger partial charge on any atom is -0.325 e. The SMILES string of the molecule is Cc1ccc(Cl)cc1NC(=O)[C@]12CC[C@](C)(C(=O)C1)C2(C)C. The quantitative estimate of drug-likeness (QED) is 0.879. The largest absolute Gasteiger partial charge is 0.325 e. The van der Waals surface area contributed by atoms with Gasteiger partial charge in [-0.25, -0.2) is 0 Å². The lowest BCUT2D eigenvalue weighted by Gasteiger charge is -2.38. The van der Waals surface area contributed by atoms with Gasteiger partial charge in [0.25, 0.3) is 0 Å². The van der Waals surface area contributed by atoms with Crippen molar-refractivity contribution in [2.24, 2.45) is 16.2 Å². The molecule has 1 N–H and O–H groups in total. The first-order chi connectivity index (χ1) is 10.1. The molecule has 0 heterocycles. The molecule has 2 bridgehead atoms. The molecular weight excluding hydrogens is 298 g/mol. The summed E-state index contributed by atoms with van der Waals surface area (Å²) in [6.07, 6.45) is 1.91. The van der Waals surface area contributed by atoms with Gasteiger partial charge in [0.15, 0.2) is 0 Å². The summed E-state index contributed by atoms with van der Waals surface area (Å²) in [6.45, 7) is 8.08. The van der Waals surface area contributed by atoms with E-state index in [9.17, 15) is 9.59 Å². The number of halogens is 1. The van der Waals surface area contributed by atoms with E-state index >= 15 is 0 Å². The van der Waals surface area contributed by atoms with Gasteiger partial charge in [-0.05, 0) is 42.9 Å². The molecule has 2 aliphatic carbocycles. The molecule has 4 heteroatoms. The van der Waals surface area contributed by atoms with E-state index in [1.165, 1.54) is 0 Å². The molecule has 0 radical (unpaired) electrons. The van der Waals surface area contributed by atoms with E-state index in [0.717, 1.165) is 24.1 Å². The van der Waals surface area contributed by atoms with Gasteiger partial charge in [-0.15, -0.1) is 0 Å². The Bertz CT molecular complexity index is 682. The fourth-order valence-electron chi connectivity index (χ4n) is 4.33. The second-order valence-electron chi connectivity index (χ2n) is 7.55. The van der Waals surface area contributed by atoms with Crippen LogP contribution in [0.2, 0.25) is 5.02 Å². The first-order valence-corrected chi connectivity index (χ1v) is 8.13. The highest BCUT2D eigenvalue weighted by atomic mass is 35.5. The number of nitrogens with one attached hydrogen (secondary N) is 1. The fraction of sp³-hybridized carbons (Fsp3) is 0.556. The van der Waals surface area contributed by atoms with Gasteiger partial charge in [-0.1, -0.05) is 38.4 Å². The van der Waals surface area contributed by atoms with Crippen molar-refractivity contribution in [2.75, 3.05) is 5.32 Å². The normalized spacial score (nSPS) is 32.3. The lowest BCUT2D eigenvalue weighted by atomic mass is 9.64. The number of ketones is 1. The summed E-state index contributed by atoms with van der Waals surface area (Å²) in [5.74, 6) is 0.180. The number of rotatable bonds is 2. The maximum Gasteiger partial charge on any atom is 0.231 e. The molecule has 2 atom stereocenters. The summed E-state index contributed by atoms with van der Waals surface area (Å²) in [5.41, 5.74) is 0.391. The van der Waals surface area contributed by atoms with E-state index in [4.69, 9.17) is 11.6 Å². The van der Waals surface area contributed by atoms with Crippen molar-refractivity contribution in [1.29, 1.82) is 0 Å². The Hall–Kier alpha value is -1.35. The molecule has 0 unspecified atom stereocenters. The van der Waals surface area contributed by atoms with Gasteiger partial charge < -0.3 is 5.32 Å². The molecule has 2 aliphatic rings. The Morgan fingerprint density at radius 1 is 1.23 bits per heavy atom. The Morgan fingerprint density at radius 2 is 1.91 bits per heavy atom. The van der Waals surface area contributed by atoms with Crippen LogP contribution in [0.5, 0.6) is 0 Å². The van der Waals surface area contributed by atoms with Crippen LogP contribution < -0.4 is 5.32 Å². The minimum absolute atomic E-state index is 0.0440. The monoisotopic (exact) mass is 319 g/mol. The van der Waals surface area contributed by atoms with E-state index < -0.39 is 5.41 Å². The van der Waals surface area contributed by atoms with Crippen LogP contribution in [0.1, 0.15) is 45.6 Å². The molecule has 22 heavy (non-hydrogen) atoms. The van der Waals surface area contributed by atoms with Gasteiger partial charge in [0.2, 0.25) is 5.91 Å². The molecule has 1 aromatic rings. The van der Waals surface area contributed by atoms with Crippen LogP contribution in [0.3, 0.4) is 0 Å². The van der Waals surface area contributed by atoms with Crippen LogP contribution >= 0.6 is 11.6 Å². The number of fused-ring (bicyclic) bond motifs is 2. The summed E-state index contributed by atoms with van der Waals surface area (Å²) >= 11 is 6.03. The Balaban J connectivity index is 1.96. The third kappa shape index (κ3) is 1.75. The van der Waals surface area contributed by atoms with E-state index in [0.29, 0.717) is 11.4 Å². The lowest BCUT2D eigenvalue weighted by molar-refractivity contribution is -0.131. The van der Waals surface area contributed by atoms with Crippen molar-refractivity contribution < 1.29 is 9.59 Å². The third-order valence-corrected chi connectivity index (χ3v) is 6.82. The Labute approximate surface area is 136 Å². The van der Waals surface area contributed by atoms with Gasteiger partial charge in [-0.3, -0.25) is 9.59 Å². The zero-order valence-electron chi connectivity index (χ0n) is 13.5. The van der Waals surface area contributed by atoms with Crippen LogP contribution in [0.4, 0.5) is 5.69 Å². The average molecular weight is 320 g/mol. The van der Waals surface area contributed by atoms with Crippen molar-refractivity contribution in [3.05, 3.63) is 28.8 Å². The topological polar surface area (TPSA) is 46.2 Å². The number of hydrogen-bond donors (Lipinski definition) is 1. The zero-order chi connectivity index (χ0) is 16.3. The highest BCUT2D eigenvalue weighted by molar-refractivity contribution is 6.31. The molecule has 3 rings (SSSR count). The number of Topliss-reactive ketones (excluding diaryl/α,β-unsaturated/α-hetero) is 1. The summed E-state index contributed by atoms with van der Waals surface area (Å²) in [7, 11) is 0. The van der Waals surface area contributed by atoms with Crippen molar-refractivity contribution >= 4 is 29.0 Å². The molecule has 0 aromatic heterocycles. The minimum atomic E-state index is -0.604. The summed E-state index contributed by atoms with van der Waals surface area (Å²) < 4.78 is 0. The van der Waals surface area contributed by atoms with Crippen LogP contribution in [0, 0.1) is 23.2 Å². The second-order valence-corrected chi connectivity index (χ2v) is 7.99. The van der Waals surface area contributed by atoms with E-state index in [1.54, 1.807) is 12.1 Å². The van der Waals surface area contributed by atoms with Crippen LogP contribution in [0.15, 0.2) is 18.2 Å². The molecule has 3 nitrogen and oxygen atoms in total. The lowest BCUT2D eigenvalue weighted by Crippen LogP contribution is -2.43. The van der Waals surface area contributed by atoms with E-state index in [1.807, 2.05) is 19.9 Å². The molecule has 0 aliphatic heterocycles. The fourth-order valence-corrected chi connectivity index (χ4v) is 4.50. The van der Waals surface area contributed by atoms with Crippen molar-refractivity contribution in [3.8, 4) is 0 Å². The third-order valence-electron chi connectivity index (χ3n) is 6.59. The Morgan fingerprint density at radius 3 is 2.45 bits per heavy atom. The number of carbonyl (C=O) groups excluding carboxylic acids is 2. The van der Waals surface area contributed by atoms with Crippen molar-refractivity contribution in [2.45, 2.75) is 47.0 Å². The highest BCUT2D eigenvalue weighted by Gasteiger charge is 2.72. The molecule has 2 fully saturated rings. The van der Waals surface area contributed by atoms with Crippen LogP contribution in [-0.2, 0) is 9.59 Å². The molecule has 1 aromatic carbocycles. The van der Waals surface area contributed by atoms with E-state index in [2.05, 4.69) is 19.2 Å². The summed E-state index contributed by atoms with van der Waals surface area (Å²) in [5, 5.41) is 3.62. The van der Waals surface area contributed by atoms with Crippen LogP contribution in [0.25, 0.3) is 0 Å². The van der Waals surface area contributed by atoms with Gasteiger partial charge in [0.1, 0.15) is 5.78 Å². The number of amides is 1. The zero-order valence-corrected chi connectivity index (χ0v) is 14.3. The number of aryl methyl sites for hydroxylation is 1. The van der Waals surface area contributed by atoms with Crippen molar-refractivity contribution in [3.63, 3.8) is 0 Å². The molecule has 2 saturated carbocycles. The summed E-state index contributed by atoms with van der Waals surface area (Å²) in [4.78, 5) is 25.5. The number of benzene rings is 1. The van der Waals surface area contributed by atoms with Gasteiger partial charge >= 0.3 is 0 Å². The first-order valence-electron chi connectivity index (χ1n) is 7.75. The molecule has 118 valence electrons. The number of anilines is 1.